The highest BCUT2D eigenvalue weighted by Crippen LogP contribution is 2.22. The Morgan fingerprint density at radius 3 is 2.33 bits per heavy atom. The van der Waals surface area contributed by atoms with Gasteiger partial charge in [0, 0.05) is 43.2 Å². The Kier molecular flexibility index (Phi) is 6.36. The van der Waals surface area contributed by atoms with Crippen molar-refractivity contribution in [3.05, 3.63) is 65.2 Å². The molecule has 2 saturated heterocycles. The van der Waals surface area contributed by atoms with E-state index in [1.165, 1.54) is 0 Å². The summed E-state index contributed by atoms with van der Waals surface area (Å²) in [6, 6.07) is 15.3. The van der Waals surface area contributed by atoms with E-state index < -0.39 is 0 Å². The number of nitrogens with zero attached hydrogens (tertiary/aromatic N) is 2. The van der Waals surface area contributed by atoms with Gasteiger partial charge in [-0.1, -0.05) is 23.8 Å². The van der Waals surface area contributed by atoms with Crippen LogP contribution in [0.2, 0.25) is 0 Å². The zero-order chi connectivity index (χ0) is 20.9. The van der Waals surface area contributed by atoms with Gasteiger partial charge in [-0.15, -0.1) is 0 Å². The van der Waals surface area contributed by atoms with Gasteiger partial charge in [-0.25, -0.2) is 0 Å². The Hall–Kier alpha value is -2.82. The number of aryl methyl sites for hydroxylation is 1. The number of carbonyl (C=O) groups is 2. The van der Waals surface area contributed by atoms with E-state index in [1.54, 1.807) is 0 Å². The first kappa shape index (κ1) is 20.5. The van der Waals surface area contributed by atoms with Crippen molar-refractivity contribution in [2.75, 3.05) is 32.8 Å². The van der Waals surface area contributed by atoms with Crippen LogP contribution in [0, 0.1) is 12.8 Å². The molecule has 4 rings (SSSR count). The van der Waals surface area contributed by atoms with Crippen molar-refractivity contribution in [2.24, 2.45) is 5.92 Å². The van der Waals surface area contributed by atoms with Crippen molar-refractivity contribution in [2.45, 2.75) is 32.6 Å². The summed E-state index contributed by atoms with van der Waals surface area (Å²) in [7, 11) is 0. The Bertz CT molecular complexity index is 905. The zero-order valence-corrected chi connectivity index (χ0v) is 17.7. The average molecular weight is 407 g/mol. The fourth-order valence-corrected chi connectivity index (χ4v) is 4.38. The molecule has 5 heteroatoms. The molecule has 0 spiro atoms. The molecule has 1 atom stereocenters. The van der Waals surface area contributed by atoms with E-state index in [0.717, 1.165) is 62.2 Å². The summed E-state index contributed by atoms with van der Waals surface area (Å²) in [6.07, 6.45) is 4.20. The predicted octanol–water partition coefficient (Wildman–Crippen LogP) is 4.16. The highest BCUT2D eigenvalue weighted by Gasteiger charge is 2.25. The molecular weight excluding hydrogens is 376 g/mol. The molecule has 5 nitrogen and oxygen atoms in total. The fraction of sp³-hybridized carbons (Fsp3) is 0.440. The summed E-state index contributed by atoms with van der Waals surface area (Å²) >= 11 is 0. The summed E-state index contributed by atoms with van der Waals surface area (Å²) < 4.78 is 6.04. The molecule has 0 saturated carbocycles. The normalized spacial score (nSPS) is 19.0. The topological polar surface area (TPSA) is 49.9 Å². The summed E-state index contributed by atoms with van der Waals surface area (Å²) in [5.41, 5.74) is 2.54. The SMILES string of the molecule is Cc1cccc(C(=O)N2CCC[C@@H](COc3cccc(C(=O)N4CCCC4)c3)C2)c1. The third-order valence-electron chi connectivity index (χ3n) is 6.03. The zero-order valence-electron chi connectivity index (χ0n) is 17.7. The monoisotopic (exact) mass is 406 g/mol. The molecule has 0 bridgehead atoms. The minimum absolute atomic E-state index is 0.0885. The van der Waals surface area contributed by atoms with Crippen LogP contribution in [0.15, 0.2) is 48.5 Å². The van der Waals surface area contributed by atoms with E-state index in [4.69, 9.17) is 4.74 Å². The van der Waals surface area contributed by atoms with Gasteiger partial charge in [0.15, 0.2) is 0 Å². The van der Waals surface area contributed by atoms with Crippen LogP contribution in [0.25, 0.3) is 0 Å². The molecule has 2 aliphatic rings. The first-order valence-electron chi connectivity index (χ1n) is 11.0. The average Bonchev–Trinajstić information content (AvgIpc) is 3.32. The lowest BCUT2D eigenvalue weighted by Gasteiger charge is -2.32. The predicted molar refractivity (Wildman–Crippen MR) is 117 cm³/mol. The van der Waals surface area contributed by atoms with Gasteiger partial charge in [0.2, 0.25) is 0 Å². The molecule has 0 unspecified atom stereocenters. The second-order valence-corrected chi connectivity index (χ2v) is 8.47. The van der Waals surface area contributed by atoms with Crippen LogP contribution in [0.5, 0.6) is 5.75 Å². The van der Waals surface area contributed by atoms with Gasteiger partial charge in [-0.05, 0) is 62.9 Å². The number of piperidine rings is 1. The number of rotatable bonds is 5. The Morgan fingerprint density at radius 1 is 0.900 bits per heavy atom. The lowest BCUT2D eigenvalue weighted by Crippen LogP contribution is -2.41. The highest BCUT2D eigenvalue weighted by molar-refractivity contribution is 5.95. The van der Waals surface area contributed by atoms with Gasteiger partial charge in [0.1, 0.15) is 5.75 Å². The van der Waals surface area contributed by atoms with E-state index in [1.807, 2.05) is 65.3 Å². The van der Waals surface area contributed by atoms with E-state index in [0.29, 0.717) is 24.6 Å². The van der Waals surface area contributed by atoms with Gasteiger partial charge in [-0.2, -0.15) is 0 Å². The minimum Gasteiger partial charge on any atom is -0.493 e. The largest absolute Gasteiger partial charge is 0.493 e. The third kappa shape index (κ3) is 4.84. The van der Waals surface area contributed by atoms with Crippen LogP contribution in [0.1, 0.15) is 52.0 Å². The second-order valence-electron chi connectivity index (χ2n) is 8.47. The molecule has 2 amide bonds. The molecule has 158 valence electrons. The van der Waals surface area contributed by atoms with E-state index in [9.17, 15) is 9.59 Å². The highest BCUT2D eigenvalue weighted by atomic mass is 16.5. The molecule has 0 aromatic heterocycles. The van der Waals surface area contributed by atoms with Gasteiger partial charge >= 0.3 is 0 Å². The summed E-state index contributed by atoms with van der Waals surface area (Å²) in [5, 5.41) is 0. The molecule has 2 aromatic rings. The molecule has 30 heavy (non-hydrogen) atoms. The Labute approximate surface area is 178 Å². The van der Waals surface area contributed by atoms with Crippen molar-refractivity contribution >= 4 is 11.8 Å². The number of benzene rings is 2. The lowest BCUT2D eigenvalue weighted by molar-refractivity contribution is 0.0632. The molecular formula is C25H30N2O3. The summed E-state index contributed by atoms with van der Waals surface area (Å²) in [5.74, 6) is 1.21. The molecule has 0 radical (unpaired) electrons. The van der Waals surface area contributed by atoms with Gasteiger partial charge < -0.3 is 14.5 Å². The number of amides is 2. The Balaban J connectivity index is 1.34. The van der Waals surface area contributed by atoms with Crippen molar-refractivity contribution in [3.8, 4) is 5.75 Å². The quantitative estimate of drug-likeness (QED) is 0.749. The summed E-state index contributed by atoms with van der Waals surface area (Å²) in [4.78, 5) is 29.3. The number of ether oxygens (including phenoxy) is 1. The number of hydrogen-bond acceptors (Lipinski definition) is 3. The van der Waals surface area contributed by atoms with Crippen LogP contribution < -0.4 is 4.74 Å². The molecule has 2 heterocycles. The molecule has 2 aromatic carbocycles. The van der Waals surface area contributed by atoms with E-state index >= 15 is 0 Å². The maximum atomic E-state index is 12.9. The lowest BCUT2D eigenvalue weighted by atomic mass is 9.98. The molecule has 2 fully saturated rings. The third-order valence-corrected chi connectivity index (χ3v) is 6.03. The first-order chi connectivity index (χ1) is 14.6. The Morgan fingerprint density at radius 2 is 1.57 bits per heavy atom. The first-order valence-corrected chi connectivity index (χ1v) is 11.0. The van der Waals surface area contributed by atoms with Gasteiger partial charge in [0.25, 0.3) is 11.8 Å². The second kappa shape index (κ2) is 9.33. The molecule has 2 aliphatic heterocycles. The van der Waals surface area contributed by atoms with E-state index in [2.05, 4.69) is 0 Å². The van der Waals surface area contributed by atoms with Crippen molar-refractivity contribution in [1.82, 2.24) is 9.80 Å². The van der Waals surface area contributed by atoms with E-state index in [-0.39, 0.29) is 11.8 Å². The maximum Gasteiger partial charge on any atom is 0.253 e. The fourth-order valence-electron chi connectivity index (χ4n) is 4.38. The summed E-state index contributed by atoms with van der Waals surface area (Å²) in [6.45, 7) is 5.75. The molecule has 0 N–H and O–H groups in total. The standard InChI is InChI=1S/C25H30N2O3/c1-19-7-4-9-21(15-19)25(29)27-14-6-8-20(17-27)18-30-23-11-5-10-22(16-23)24(28)26-12-2-3-13-26/h4-5,7,9-11,15-16,20H,2-3,6,8,12-14,17-18H2,1H3/t20-/m1/s1. The van der Waals surface area contributed by atoms with Crippen molar-refractivity contribution < 1.29 is 14.3 Å². The van der Waals surface area contributed by atoms with Crippen LogP contribution in [0.4, 0.5) is 0 Å². The van der Waals surface area contributed by atoms with Crippen molar-refractivity contribution in [1.29, 1.82) is 0 Å². The van der Waals surface area contributed by atoms with Gasteiger partial charge in [0.05, 0.1) is 6.61 Å². The van der Waals surface area contributed by atoms with Crippen molar-refractivity contribution in [3.63, 3.8) is 0 Å². The van der Waals surface area contributed by atoms with Crippen LogP contribution >= 0.6 is 0 Å². The maximum absolute atomic E-state index is 12.9. The minimum atomic E-state index is 0.0885. The molecule has 0 aliphatic carbocycles. The van der Waals surface area contributed by atoms with Crippen LogP contribution in [-0.4, -0.2) is 54.4 Å². The number of likely N-dealkylation sites (tertiary alicyclic amines) is 2. The van der Waals surface area contributed by atoms with Gasteiger partial charge in [-0.3, -0.25) is 9.59 Å². The van der Waals surface area contributed by atoms with Crippen LogP contribution in [0.3, 0.4) is 0 Å². The number of carbonyl (C=O) groups excluding carboxylic acids is 2. The number of hydrogen-bond donors (Lipinski definition) is 0. The smallest absolute Gasteiger partial charge is 0.253 e. The van der Waals surface area contributed by atoms with Crippen LogP contribution in [-0.2, 0) is 0 Å².